The van der Waals surface area contributed by atoms with Crippen molar-refractivity contribution in [1.29, 1.82) is 0 Å². The summed E-state index contributed by atoms with van der Waals surface area (Å²) in [6, 6.07) is 18.8. The highest BCUT2D eigenvalue weighted by atomic mass is 32.1. The molecule has 0 spiro atoms. The summed E-state index contributed by atoms with van der Waals surface area (Å²) in [7, 11) is 0. The molecule has 1 N–H and O–H groups in total. The summed E-state index contributed by atoms with van der Waals surface area (Å²) in [4.78, 5) is 14.4. The van der Waals surface area contributed by atoms with Gasteiger partial charge in [-0.2, -0.15) is 0 Å². The van der Waals surface area contributed by atoms with Crippen molar-refractivity contribution in [3.05, 3.63) is 99.6 Å². The first-order chi connectivity index (χ1) is 17.3. The Kier molecular flexibility index (Phi) is 5.39. The molecule has 180 valence electrons. The minimum atomic E-state index is -0.962. The van der Waals surface area contributed by atoms with Crippen LogP contribution in [0.3, 0.4) is 0 Å². The highest BCUT2D eigenvalue weighted by Gasteiger charge is 2.27. The number of hydrogen-bond acceptors (Lipinski definition) is 5. The normalized spacial score (nSPS) is 15.2. The van der Waals surface area contributed by atoms with Crippen LogP contribution in [-0.4, -0.2) is 31.9 Å². The second-order valence-corrected chi connectivity index (χ2v) is 10.8. The summed E-state index contributed by atoms with van der Waals surface area (Å²) in [5, 5.41) is 14.0. The number of nitrogens with zero attached hydrogens (tertiary/aromatic N) is 4. The minimum absolute atomic E-state index is 0.139. The molecule has 6 rings (SSSR count). The standard InChI is InChI=1S/C30H28N4OS/c1-18-14-31-19(2)27(18)21-12-26-28(32-15-21)23-11-10-22(30(3,4)35)13-25(23)34(26)29(24-16-36-17-33-24)20-8-6-5-7-9-20/h5-13,15-17,29,35H,14H2,1-4H3. The molecule has 3 aromatic heterocycles. The molecule has 1 aliphatic rings. The SMILES string of the molecule is CC1=NCC(C)=C1c1cnc2c3ccc(C(C)(C)O)cc3n(C(c3ccccc3)c3cscn3)c2c1. The van der Waals surface area contributed by atoms with Crippen LogP contribution in [0.15, 0.2) is 82.3 Å². The van der Waals surface area contributed by atoms with Crippen molar-refractivity contribution in [1.82, 2.24) is 14.5 Å². The number of benzene rings is 2. The van der Waals surface area contributed by atoms with Crippen LogP contribution in [0.25, 0.3) is 27.5 Å². The fraction of sp³-hybridized carbons (Fsp3) is 0.233. The van der Waals surface area contributed by atoms with Gasteiger partial charge >= 0.3 is 0 Å². The molecule has 1 unspecified atom stereocenters. The highest BCUT2D eigenvalue weighted by molar-refractivity contribution is 7.07. The van der Waals surface area contributed by atoms with Crippen LogP contribution in [-0.2, 0) is 5.60 Å². The summed E-state index contributed by atoms with van der Waals surface area (Å²) < 4.78 is 2.35. The van der Waals surface area contributed by atoms with Gasteiger partial charge in [-0.15, -0.1) is 11.3 Å². The first kappa shape index (κ1) is 22.8. The summed E-state index contributed by atoms with van der Waals surface area (Å²) >= 11 is 1.60. The molecule has 5 nitrogen and oxygen atoms in total. The van der Waals surface area contributed by atoms with E-state index in [1.54, 1.807) is 11.3 Å². The largest absolute Gasteiger partial charge is 0.386 e. The van der Waals surface area contributed by atoms with E-state index >= 15 is 0 Å². The maximum atomic E-state index is 10.8. The molecule has 4 heterocycles. The maximum absolute atomic E-state index is 10.8. The first-order valence-corrected chi connectivity index (χ1v) is 13.1. The van der Waals surface area contributed by atoms with E-state index in [0.717, 1.165) is 56.6 Å². The van der Waals surface area contributed by atoms with Crippen molar-refractivity contribution >= 4 is 44.6 Å². The summed E-state index contributed by atoms with van der Waals surface area (Å²) in [5.41, 5.74) is 11.5. The molecule has 0 aliphatic carbocycles. The van der Waals surface area contributed by atoms with E-state index in [2.05, 4.69) is 71.3 Å². The number of rotatable bonds is 5. The number of fused-ring (bicyclic) bond motifs is 3. The van der Waals surface area contributed by atoms with Gasteiger partial charge in [-0.3, -0.25) is 9.98 Å². The Labute approximate surface area is 214 Å². The van der Waals surface area contributed by atoms with Gasteiger partial charge in [0, 0.05) is 33.8 Å². The minimum Gasteiger partial charge on any atom is -0.386 e. The smallest absolute Gasteiger partial charge is 0.102 e. The van der Waals surface area contributed by atoms with E-state index in [-0.39, 0.29) is 6.04 Å². The molecule has 2 aromatic carbocycles. The average molecular weight is 493 g/mol. The van der Waals surface area contributed by atoms with Crippen molar-refractivity contribution in [2.75, 3.05) is 6.54 Å². The van der Waals surface area contributed by atoms with E-state index < -0.39 is 5.60 Å². The Morgan fingerprint density at radius 3 is 2.47 bits per heavy atom. The van der Waals surface area contributed by atoms with Gasteiger partial charge in [0.15, 0.2) is 0 Å². The Balaban J connectivity index is 1.73. The predicted octanol–water partition coefficient (Wildman–Crippen LogP) is 6.76. The second-order valence-electron chi connectivity index (χ2n) is 10.0. The number of aliphatic hydroxyl groups is 1. The number of aliphatic imine (C=N–C) groups is 1. The van der Waals surface area contributed by atoms with Gasteiger partial charge in [0.25, 0.3) is 0 Å². The number of hydrogen-bond donors (Lipinski definition) is 1. The Bertz CT molecular complexity index is 1650. The number of allylic oxidation sites excluding steroid dienone is 1. The molecule has 0 bridgehead atoms. The van der Waals surface area contributed by atoms with E-state index in [4.69, 9.17) is 9.97 Å². The fourth-order valence-corrected chi connectivity index (χ4v) is 5.88. The number of pyridine rings is 1. The van der Waals surface area contributed by atoms with Crippen LogP contribution in [0.5, 0.6) is 0 Å². The first-order valence-electron chi connectivity index (χ1n) is 12.1. The van der Waals surface area contributed by atoms with Crippen LogP contribution in [0, 0.1) is 0 Å². The lowest BCUT2D eigenvalue weighted by Gasteiger charge is -2.22. The van der Waals surface area contributed by atoms with Crippen LogP contribution in [0.1, 0.15) is 56.1 Å². The third-order valence-corrected chi connectivity index (χ3v) is 7.69. The van der Waals surface area contributed by atoms with Gasteiger partial charge in [-0.05, 0) is 56.5 Å². The van der Waals surface area contributed by atoms with Gasteiger partial charge < -0.3 is 9.67 Å². The second kappa shape index (κ2) is 8.50. The lowest BCUT2D eigenvalue weighted by Crippen LogP contribution is -2.16. The topological polar surface area (TPSA) is 63.3 Å². The van der Waals surface area contributed by atoms with Crippen molar-refractivity contribution in [3.63, 3.8) is 0 Å². The zero-order valence-electron chi connectivity index (χ0n) is 20.9. The van der Waals surface area contributed by atoms with Crippen molar-refractivity contribution in [3.8, 4) is 0 Å². The Morgan fingerprint density at radius 2 is 1.81 bits per heavy atom. The molecule has 0 radical (unpaired) electrons. The number of aromatic nitrogens is 3. The number of thiazole rings is 1. The summed E-state index contributed by atoms with van der Waals surface area (Å²) in [6.07, 6.45) is 1.97. The molecular formula is C30H28N4OS. The third-order valence-electron chi connectivity index (χ3n) is 7.08. The molecule has 5 aromatic rings. The van der Waals surface area contributed by atoms with E-state index in [1.165, 1.54) is 11.1 Å². The molecule has 6 heteroatoms. The van der Waals surface area contributed by atoms with Crippen LogP contribution >= 0.6 is 11.3 Å². The van der Waals surface area contributed by atoms with E-state index in [9.17, 15) is 5.11 Å². The molecule has 1 atom stereocenters. The van der Waals surface area contributed by atoms with Crippen molar-refractivity contribution in [2.24, 2.45) is 4.99 Å². The zero-order chi connectivity index (χ0) is 25.0. The quantitative estimate of drug-likeness (QED) is 0.295. The van der Waals surface area contributed by atoms with Gasteiger partial charge in [0.2, 0.25) is 0 Å². The fourth-order valence-electron chi connectivity index (χ4n) is 5.30. The van der Waals surface area contributed by atoms with Crippen molar-refractivity contribution < 1.29 is 5.11 Å². The van der Waals surface area contributed by atoms with Crippen LogP contribution in [0.2, 0.25) is 0 Å². The van der Waals surface area contributed by atoms with Crippen LogP contribution < -0.4 is 0 Å². The average Bonchev–Trinajstić information content (AvgIpc) is 3.58. The molecule has 0 saturated heterocycles. The van der Waals surface area contributed by atoms with Gasteiger partial charge in [-0.25, -0.2) is 4.98 Å². The van der Waals surface area contributed by atoms with Gasteiger partial charge in [0.1, 0.15) is 6.04 Å². The highest BCUT2D eigenvalue weighted by Crippen LogP contribution is 2.39. The zero-order valence-corrected chi connectivity index (χ0v) is 21.7. The van der Waals surface area contributed by atoms with Crippen molar-refractivity contribution in [2.45, 2.75) is 39.3 Å². The summed E-state index contributed by atoms with van der Waals surface area (Å²) in [5.74, 6) is 0. The molecule has 1 aliphatic heterocycles. The lowest BCUT2D eigenvalue weighted by molar-refractivity contribution is 0.0787. The molecule has 0 saturated carbocycles. The Morgan fingerprint density at radius 1 is 1.00 bits per heavy atom. The van der Waals surface area contributed by atoms with E-state index in [0.29, 0.717) is 0 Å². The predicted molar refractivity (Wildman–Crippen MR) is 149 cm³/mol. The summed E-state index contributed by atoms with van der Waals surface area (Å²) in [6.45, 7) is 8.60. The Hall–Kier alpha value is -3.61. The molecular weight excluding hydrogens is 464 g/mol. The van der Waals surface area contributed by atoms with Gasteiger partial charge in [-0.1, -0.05) is 42.5 Å². The van der Waals surface area contributed by atoms with Crippen LogP contribution in [0.4, 0.5) is 0 Å². The van der Waals surface area contributed by atoms with E-state index in [1.807, 2.05) is 37.7 Å². The maximum Gasteiger partial charge on any atom is 0.102 e. The molecule has 0 amide bonds. The third kappa shape index (κ3) is 3.69. The lowest BCUT2D eigenvalue weighted by atomic mass is 9.97. The monoisotopic (exact) mass is 492 g/mol. The molecule has 36 heavy (non-hydrogen) atoms. The molecule has 0 fully saturated rings. The van der Waals surface area contributed by atoms with Gasteiger partial charge in [0.05, 0.1) is 39.9 Å².